The van der Waals surface area contributed by atoms with Crippen molar-refractivity contribution < 1.29 is 15.2 Å². The van der Waals surface area contributed by atoms with E-state index < -0.39 is 7.12 Å². The standard InChI is InChI=1S/C10H15BO3S/c12-10-4-2-9(3-5-10)8-15-7-1-6-11(13)14/h2-5,12-14H,1,6-8H2. The Morgan fingerprint density at radius 2 is 1.80 bits per heavy atom. The second-order valence-electron chi connectivity index (χ2n) is 3.34. The molecule has 0 atom stereocenters. The van der Waals surface area contributed by atoms with E-state index in [1.165, 1.54) is 5.56 Å². The quantitative estimate of drug-likeness (QED) is 0.508. The Morgan fingerprint density at radius 3 is 2.40 bits per heavy atom. The van der Waals surface area contributed by atoms with E-state index >= 15 is 0 Å². The summed E-state index contributed by atoms with van der Waals surface area (Å²) in [5.41, 5.74) is 1.17. The van der Waals surface area contributed by atoms with Crippen molar-refractivity contribution in [1.82, 2.24) is 0 Å². The molecule has 3 nitrogen and oxygen atoms in total. The summed E-state index contributed by atoms with van der Waals surface area (Å²) in [5.74, 6) is 2.09. The summed E-state index contributed by atoms with van der Waals surface area (Å²) >= 11 is 1.75. The van der Waals surface area contributed by atoms with Crippen LogP contribution >= 0.6 is 11.8 Å². The monoisotopic (exact) mass is 226 g/mol. The van der Waals surface area contributed by atoms with Gasteiger partial charge in [0.2, 0.25) is 0 Å². The molecule has 0 spiro atoms. The molecular formula is C10H15BO3S. The van der Waals surface area contributed by atoms with Gasteiger partial charge in [-0.25, -0.2) is 0 Å². The van der Waals surface area contributed by atoms with Gasteiger partial charge in [-0.05, 0) is 36.2 Å². The van der Waals surface area contributed by atoms with E-state index in [2.05, 4.69) is 0 Å². The zero-order valence-corrected chi connectivity index (χ0v) is 9.28. The molecule has 0 bridgehead atoms. The maximum atomic E-state index is 9.07. The van der Waals surface area contributed by atoms with Crippen LogP contribution in [0.25, 0.3) is 0 Å². The summed E-state index contributed by atoms with van der Waals surface area (Å²) in [6, 6.07) is 7.13. The molecule has 5 heteroatoms. The van der Waals surface area contributed by atoms with Gasteiger partial charge in [0.05, 0.1) is 0 Å². The molecule has 0 fully saturated rings. The van der Waals surface area contributed by atoms with Gasteiger partial charge in [-0.2, -0.15) is 11.8 Å². The smallest absolute Gasteiger partial charge is 0.451 e. The molecule has 82 valence electrons. The maximum absolute atomic E-state index is 9.07. The van der Waals surface area contributed by atoms with Crippen LogP contribution in [0, 0.1) is 0 Å². The number of thioether (sulfide) groups is 1. The molecule has 1 aromatic rings. The van der Waals surface area contributed by atoms with Crippen LogP contribution in [0.2, 0.25) is 6.32 Å². The van der Waals surface area contributed by atoms with Gasteiger partial charge in [-0.1, -0.05) is 12.1 Å². The fourth-order valence-corrected chi connectivity index (χ4v) is 2.09. The summed E-state index contributed by atoms with van der Waals surface area (Å²) in [5, 5.41) is 26.3. The first-order chi connectivity index (χ1) is 7.18. The van der Waals surface area contributed by atoms with E-state index in [0.717, 1.165) is 17.9 Å². The molecule has 0 aliphatic heterocycles. The van der Waals surface area contributed by atoms with Gasteiger partial charge in [0.15, 0.2) is 0 Å². The molecule has 0 unspecified atom stereocenters. The maximum Gasteiger partial charge on any atom is 0.451 e. The summed E-state index contributed by atoms with van der Waals surface area (Å²) in [7, 11) is -1.18. The highest BCUT2D eigenvalue weighted by molar-refractivity contribution is 7.98. The first-order valence-electron chi connectivity index (χ1n) is 4.90. The fraction of sp³-hybridized carbons (Fsp3) is 0.400. The number of hydrogen-bond acceptors (Lipinski definition) is 4. The van der Waals surface area contributed by atoms with Crippen LogP contribution in [0.5, 0.6) is 5.75 Å². The summed E-state index contributed by atoms with van der Waals surface area (Å²) < 4.78 is 0. The lowest BCUT2D eigenvalue weighted by molar-refractivity contribution is 0.404. The molecule has 1 rings (SSSR count). The summed E-state index contributed by atoms with van der Waals surface area (Å²) in [6.45, 7) is 0. The van der Waals surface area contributed by atoms with Gasteiger partial charge in [0, 0.05) is 5.75 Å². The largest absolute Gasteiger partial charge is 0.508 e. The van der Waals surface area contributed by atoms with Crippen molar-refractivity contribution >= 4 is 18.9 Å². The van der Waals surface area contributed by atoms with Crippen molar-refractivity contribution in [3.63, 3.8) is 0 Å². The molecule has 0 saturated heterocycles. The van der Waals surface area contributed by atoms with E-state index in [9.17, 15) is 0 Å². The van der Waals surface area contributed by atoms with E-state index in [-0.39, 0.29) is 5.75 Å². The average molecular weight is 226 g/mol. The van der Waals surface area contributed by atoms with Crippen LogP contribution in [-0.4, -0.2) is 28.0 Å². The molecule has 0 aliphatic rings. The first kappa shape index (κ1) is 12.4. The minimum Gasteiger partial charge on any atom is -0.508 e. The SMILES string of the molecule is OB(O)CCCSCc1ccc(O)cc1. The molecule has 0 saturated carbocycles. The molecule has 0 radical (unpaired) electrons. The number of phenolic OH excluding ortho intramolecular Hbond substituents is 1. The van der Waals surface area contributed by atoms with E-state index in [1.54, 1.807) is 23.9 Å². The zero-order chi connectivity index (χ0) is 11.1. The Hall–Kier alpha value is -0.645. The predicted molar refractivity (Wildman–Crippen MR) is 63.9 cm³/mol. The highest BCUT2D eigenvalue weighted by atomic mass is 32.2. The molecule has 0 amide bonds. The molecule has 0 aromatic heterocycles. The number of hydrogen-bond donors (Lipinski definition) is 3. The highest BCUT2D eigenvalue weighted by Crippen LogP contribution is 2.16. The average Bonchev–Trinajstić information content (AvgIpc) is 2.20. The first-order valence-corrected chi connectivity index (χ1v) is 6.06. The zero-order valence-electron chi connectivity index (χ0n) is 8.47. The summed E-state index contributed by atoms with van der Waals surface area (Å²) in [4.78, 5) is 0. The van der Waals surface area contributed by atoms with Crippen molar-refractivity contribution in [2.75, 3.05) is 5.75 Å². The molecule has 0 heterocycles. The van der Waals surface area contributed by atoms with Crippen LogP contribution in [-0.2, 0) is 5.75 Å². The normalized spacial score (nSPS) is 10.3. The van der Waals surface area contributed by atoms with Gasteiger partial charge in [-0.3, -0.25) is 0 Å². The third-order valence-electron chi connectivity index (χ3n) is 1.96. The number of phenols is 1. The Morgan fingerprint density at radius 1 is 1.13 bits per heavy atom. The van der Waals surface area contributed by atoms with Gasteiger partial charge >= 0.3 is 7.12 Å². The Kier molecular flexibility index (Phi) is 5.61. The second kappa shape index (κ2) is 6.77. The van der Waals surface area contributed by atoms with Crippen molar-refractivity contribution in [2.24, 2.45) is 0 Å². The topological polar surface area (TPSA) is 60.7 Å². The lowest BCUT2D eigenvalue weighted by Crippen LogP contribution is -2.09. The van der Waals surface area contributed by atoms with Crippen LogP contribution in [0.3, 0.4) is 0 Å². The lowest BCUT2D eigenvalue weighted by Gasteiger charge is -2.02. The minimum atomic E-state index is -1.18. The minimum absolute atomic E-state index is 0.284. The molecule has 15 heavy (non-hydrogen) atoms. The van der Waals surface area contributed by atoms with E-state index in [4.69, 9.17) is 15.2 Å². The van der Waals surface area contributed by atoms with Crippen LogP contribution in [0.15, 0.2) is 24.3 Å². The van der Waals surface area contributed by atoms with Gasteiger partial charge in [0.1, 0.15) is 5.75 Å². The Labute approximate surface area is 94.3 Å². The molecule has 3 N–H and O–H groups in total. The number of aromatic hydroxyl groups is 1. The predicted octanol–water partition coefficient (Wildman–Crippen LogP) is 1.49. The van der Waals surface area contributed by atoms with Crippen LogP contribution in [0.4, 0.5) is 0 Å². The number of benzene rings is 1. The molecule has 0 aliphatic carbocycles. The Balaban J connectivity index is 2.12. The third-order valence-corrected chi connectivity index (χ3v) is 3.07. The van der Waals surface area contributed by atoms with Crippen LogP contribution in [0.1, 0.15) is 12.0 Å². The third kappa shape index (κ3) is 5.72. The van der Waals surface area contributed by atoms with Gasteiger partial charge in [0.25, 0.3) is 0 Å². The highest BCUT2D eigenvalue weighted by Gasteiger charge is 2.04. The lowest BCUT2D eigenvalue weighted by atomic mass is 9.85. The second-order valence-corrected chi connectivity index (χ2v) is 4.45. The summed E-state index contributed by atoms with van der Waals surface area (Å²) in [6.07, 6.45) is 1.24. The number of rotatable bonds is 6. The van der Waals surface area contributed by atoms with Crippen molar-refractivity contribution in [3.05, 3.63) is 29.8 Å². The van der Waals surface area contributed by atoms with Crippen molar-refractivity contribution in [3.8, 4) is 5.75 Å². The van der Waals surface area contributed by atoms with Crippen molar-refractivity contribution in [1.29, 1.82) is 0 Å². The molecular weight excluding hydrogens is 211 g/mol. The van der Waals surface area contributed by atoms with Gasteiger partial charge < -0.3 is 15.2 Å². The molecule has 1 aromatic carbocycles. The van der Waals surface area contributed by atoms with Gasteiger partial charge in [-0.15, -0.1) is 0 Å². The van der Waals surface area contributed by atoms with E-state index in [0.29, 0.717) is 6.32 Å². The fourth-order valence-electron chi connectivity index (χ4n) is 1.15. The van der Waals surface area contributed by atoms with E-state index in [1.807, 2.05) is 12.1 Å². The van der Waals surface area contributed by atoms with Crippen molar-refractivity contribution in [2.45, 2.75) is 18.5 Å². The van der Waals surface area contributed by atoms with Crippen LogP contribution < -0.4 is 0 Å². The Bertz CT molecular complexity index is 277.